The van der Waals surface area contributed by atoms with Gasteiger partial charge in [0.15, 0.2) is 0 Å². The van der Waals surface area contributed by atoms with Gasteiger partial charge in [-0.2, -0.15) is 5.26 Å². The minimum atomic E-state index is -1.47. The van der Waals surface area contributed by atoms with Gasteiger partial charge >= 0.3 is 5.97 Å². The van der Waals surface area contributed by atoms with Gasteiger partial charge in [-0.25, -0.2) is 22.4 Å². The maximum absolute atomic E-state index is 14.4. The van der Waals surface area contributed by atoms with Crippen LogP contribution in [0.4, 0.5) is 17.6 Å². The van der Waals surface area contributed by atoms with E-state index in [1.165, 1.54) is 12.5 Å². The molecular weight excluding hydrogens is 426 g/mol. The van der Waals surface area contributed by atoms with Crippen molar-refractivity contribution in [3.8, 4) is 17.6 Å². The molecule has 1 saturated carbocycles. The molecule has 1 fully saturated rings. The molecule has 0 unspecified atom stereocenters. The number of hydrogen-bond acceptors (Lipinski definition) is 4. The predicted octanol–water partition coefficient (Wildman–Crippen LogP) is 6.32. The molecule has 4 nitrogen and oxygen atoms in total. The molecule has 170 valence electrons. The van der Waals surface area contributed by atoms with E-state index in [4.69, 9.17) is 14.7 Å². The zero-order valence-electron chi connectivity index (χ0n) is 17.6. The molecule has 3 rings (SSSR count). The fourth-order valence-corrected chi connectivity index (χ4v) is 4.01. The summed E-state index contributed by atoms with van der Waals surface area (Å²) in [6.07, 6.45) is 6.60. The van der Waals surface area contributed by atoms with Crippen molar-refractivity contribution in [2.75, 3.05) is 6.61 Å². The summed E-state index contributed by atoms with van der Waals surface area (Å²) >= 11 is 0. The molecule has 0 amide bonds. The zero-order chi connectivity index (χ0) is 23.3. The second kappa shape index (κ2) is 10.5. The average molecular weight is 449 g/mol. The van der Waals surface area contributed by atoms with E-state index in [0.29, 0.717) is 24.7 Å². The number of carbonyl (C=O) groups is 1. The van der Waals surface area contributed by atoms with Crippen LogP contribution in [0.1, 0.15) is 61.4 Å². The van der Waals surface area contributed by atoms with Crippen molar-refractivity contribution in [3.05, 3.63) is 58.7 Å². The molecule has 1 aliphatic carbocycles. The first-order valence-electron chi connectivity index (χ1n) is 10.6. The van der Waals surface area contributed by atoms with E-state index < -0.39 is 46.1 Å². The van der Waals surface area contributed by atoms with Gasteiger partial charge in [0.1, 0.15) is 52.0 Å². The molecule has 0 saturated heterocycles. The summed E-state index contributed by atoms with van der Waals surface area (Å²) in [5.74, 6) is -6.06. The van der Waals surface area contributed by atoms with Gasteiger partial charge in [0.25, 0.3) is 0 Å². The Balaban J connectivity index is 1.64. The van der Waals surface area contributed by atoms with Crippen LogP contribution < -0.4 is 9.47 Å². The van der Waals surface area contributed by atoms with Crippen molar-refractivity contribution in [1.29, 1.82) is 5.26 Å². The van der Waals surface area contributed by atoms with Gasteiger partial charge in [0.05, 0.1) is 6.61 Å². The molecule has 1 aliphatic rings. The fraction of sp³-hybridized carbons (Fsp3) is 0.417. The van der Waals surface area contributed by atoms with E-state index in [0.717, 1.165) is 50.2 Å². The number of nitrogens with zero attached hydrogens (tertiary/aromatic N) is 1. The topological polar surface area (TPSA) is 59.3 Å². The van der Waals surface area contributed by atoms with Gasteiger partial charge in [0.2, 0.25) is 0 Å². The third-order valence-electron chi connectivity index (χ3n) is 5.71. The quantitative estimate of drug-likeness (QED) is 0.282. The van der Waals surface area contributed by atoms with Crippen molar-refractivity contribution < 1.29 is 31.8 Å². The Labute approximate surface area is 183 Å². The first-order chi connectivity index (χ1) is 15.3. The molecule has 2 aromatic rings. The van der Waals surface area contributed by atoms with Gasteiger partial charge in [-0.1, -0.05) is 32.6 Å². The number of benzene rings is 2. The molecule has 0 N–H and O–H groups in total. The Hall–Kier alpha value is -3.08. The number of hydrogen-bond donors (Lipinski definition) is 0. The Bertz CT molecular complexity index is 980. The second-order valence-electron chi connectivity index (χ2n) is 8.01. The summed E-state index contributed by atoms with van der Waals surface area (Å²) < 4.78 is 66.4. The molecule has 2 aromatic carbocycles. The first-order valence-corrected chi connectivity index (χ1v) is 10.6. The van der Waals surface area contributed by atoms with E-state index in [-0.39, 0.29) is 5.75 Å². The molecule has 0 bridgehead atoms. The zero-order valence-corrected chi connectivity index (χ0v) is 17.6. The van der Waals surface area contributed by atoms with Crippen molar-refractivity contribution in [3.63, 3.8) is 0 Å². The second-order valence-corrected chi connectivity index (χ2v) is 8.01. The van der Waals surface area contributed by atoms with Crippen LogP contribution >= 0.6 is 0 Å². The van der Waals surface area contributed by atoms with Gasteiger partial charge < -0.3 is 9.47 Å². The normalized spacial score (nSPS) is 18.1. The van der Waals surface area contributed by atoms with Crippen molar-refractivity contribution >= 4 is 5.97 Å². The van der Waals surface area contributed by atoms with E-state index in [9.17, 15) is 22.4 Å². The molecule has 32 heavy (non-hydrogen) atoms. The molecule has 0 aromatic heterocycles. The molecule has 0 aliphatic heterocycles. The van der Waals surface area contributed by atoms with Crippen molar-refractivity contribution in [1.82, 2.24) is 0 Å². The molecule has 0 spiro atoms. The smallest absolute Gasteiger partial charge is 0.349 e. The average Bonchev–Trinajstić information content (AvgIpc) is 2.73. The van der Waals surface area contributed by atoms with Crippen LogP contribution in [0.3, 0.4) is 0 Å². The summed E-state index contributed by atoms with van der Waals surface area (Å²) in [4.78, 5) is 12.2. The lowest BCUT2D eigenvalue weighted by Crippen LogP contribution is -2.20. The third-order valence-corrected chi connectivity index (χ3v) is 5.71. The van der Waals surface area contributed by atoms with Crippen LogP contribution in [0, 0.1) is 46.4 Å². The Morgan fingerprint density at radius 1 is 0.938 bits per heavy atom. The minimum Gasteiger partial charge on any atom is -0.493 e. The summed E-state index contributed by atoms with van der Waals surface area (Å²) in [5, 5.41) is 8.66. The highest BCUT2D eigenvalue weighted by atomic mass is 19.1. The lowest BCUT2D eigenvalue weighted by Gasteiger charge is -2.28. The molecule has 0 radical (unpaired) electrons. The molecular formula is C24H23F4NO3. The standard InChI is InChI=1S/C24H23F4NO3/c1-2-3-14-4-6-15(7-5-14)13-31-16-8-21(27)23(22(28)9-16)24(30)32-17-10-19(25)18(12-29)20(26)11-17/h8-11,14-15H,2-7,13H2,1H3. The summed E-state index contributed by atoms with van der Waals surface area (Å²) in [6, 6.07) is 4.24. The maximum Gasteiger partial charge on any atom is 0.349 e. The lowest BCUT2D eigenvalue weighted by molar-refractivity contribution is 0.0723. The summed E-state index contributed by atoms with van der Waals surface area (Å²) in [7, 11) is 0. The third kappa shape index (κ3) is 5.58. The van der Waals surface area contributed by atoms with Crippen LogP contribution in [0.15, 0.2) is 24.3 Å². The predicted molar refractivity (Wildman–Crippen MR) is 108 cm³/mol. The van der Waals surface area contributed by atoms with Crippen LogP contribution in [0.5, 0.6) is 11.5 Å². The van der Waals surface area contributed by atoms with E-state index in [1.807, 2.05) is 0 Å². The largest absolute Gasteiger partial charge is 0.493 e. The lowest BCUT2D eigenvalue weighted by atomic mass is 9.80. The number of rotatable bonds is 7. The number of nitriles is 1. The molecule has 8 heteroatoms. The molecule has 0 atom stereocenters. The van der Waals surface area contributed by atoms with Crippen molar-refractivity contribution in [2.24, 2.45) is 11.8 Å². The highest BCUT2D eigenvalue weighted by Crippen LogP contribution is 2.32. The Kier molecular flexibility index (Phi) is 7.73. The molecule has 0 heterocycles. The maximum atomic E-state index is 14.4. The number of ether oxygens (including phenoxy) is 2. The van der Waals surface area contributed by atoms with E-state index >= 15 is 0 Å². The van der Waals surface area contributed by atoms with E-state index in [2.05, 4.69) is 6.92 Å². The van der Waals surface area contributed by atoms with Gasteiger partial charge in [-0.15, -0.1) is 0 Å². The van der Waals surface area contributed by atoms with Crippen LogP contribution in [0.2, 0.25) is 0 Å². The first kappa shape index (κ1) is 23.6. The Morgan fingerprint density at radius 3 is 2.00 bits per heavy atom. The van der Waals surface area contributed by atoms with Crippen LogP contribution in [0.25, 0.3) is 0 Å². The highest BCUT2D eigenvalue weighted by molar-refractivity contribution is 5.91. The minimum absolute atomic E-state index is 0.0531. The SMILES string of the molecule is CCCC1CCC(COc2cc(F)c(C(=O)Oc3cc(F)c(C#N)c(F)c3)c(F)c2)CC1. The fourth-order valence-electron chi connectivity index (χ4n) is 4.01. The van der Waals surface area contributed by atoms with Gasteiger partial charge in [0, 0.05) is 24.3 Å². The summed E-state index contributed by atoms with van der Waals surface area (Å²) in [6.45, 7) is 2.49. The van der Waals surface area contributed by atoms with Gasteiger partial charge in [-0.05, 0) is 24.7 Å². The van der Waals surface area contributed by atoms with Crippen molar-refractivity contribution in [2.45, 2.75) is 45.4 Å². The highest BCUT2D eigenvalue weighted by Gasteiger charge is 2.24. The number of halogens is 4. The number of carbonyl (C=O) groups excluding carboxylic acids is 1. The Morgan fingerprint density at radius 2 is 1.47 bits per heavy atom. The van der Waals surface area contributed by atoms with E-state index in [1.54, 1.807) is 0 Å². The monoisotopic (exact) mass is 449 g/mol. The van der Waals surface area contributed by atoms with Crippen LogP contribution in [-0.2, 0) is 0 Å². The van der Waals surface area contributed by atoms with Gasteiger partial charge in [-0.3, -0.25) is 0 Å². The summed E-state index contributed by atoms with van der Waals surface area (Å²) in [5.41, 5.74) is -1.87. The number of esters is 1. The van der Waals surface area contributed by atoms with Crippen LogP contribution in [-0.4, -0.2) is 12.6 Å².